The van der Waals surface area contributed by atoms with Gasteiger partial charge >= 0.3 is 0 Å². The molecule has 2 amide bonds. The van der Waals surface area contributed by atoms with Crippen molar-refractivity contribution in [3.63, 3.8) is 0 Å². The van der Waals surface area contributed by atoms with Crippen LogP contribution in [0.1, 0.15) is 37.9 Å². The first kappa shape index (κ1) is 15.1. The Kier molecular flexibility index (Phi) is 3.74. The third kappa shape index (κ3) is 2.87. The number of benzene rings is 2. The minimum atomic E-state index is -0.301. The maximum absolute atomic E-state index is 12.4. The van der Waals surface area contributed by atoms with Gasteiger partial charge in [0.05, 0.1) is 23.4 Å². The molecule has 3 aromatic rings. The Hall–Kier alpha value is -3.47. The summed E-state index contributed by atoms with van der Waals surface area (Å²) in [7, 11) is 0. The van der Waals surface area contributed by atoms with E-state index in [2.05, 4.69) is 4.98 Å². The molecule has 0 atom stereocenters. The molecule has 4 rings (SSSR count). The second kappa shape index (κ2) is 6.20. The summed E-state index contributed by atoms with van der Waals surface area (Å²) in [5.74, 6) is -0.176. The highest BCUT2D eigenvalue weighted by Gasteiger charge is 2.35. The van der Waals surface area contributed by atoms with Gasteiger partial charge < -0.3 is 4.42 Å². The average molecular weight is 330 g/mol. The van der Waals surface area contributed by atoms with Gasteiger partial charge in [0.1, 0.15) is 6.26 Å². The van der Waals surface area contributed by atoms with Crippen LogP contribution >= 0.6 is 0 Å². The molecule has 1 aliphatic heterocycles. The average Bonchev–Trinajstić information content (AvgIpc) is 3.20. The lowest BCUT2D eigenvalue weighted by Crippen LogP contribution is -2.29. The molecule has 1 aliphatic rings. The van der Waals surface area contributed by atoms with Crippen LogP contribution in [-0.2, 0) is 6.54 Å². The molecule has 1 aromatic heterocycles. The van der Waals surface area contributed by atoms with E-state index < -0.39 is 0 Å². The third-order valence-electron chi connectivity index (χ3n) is 3.99. The molecule has 0 bridgehead atoms. The first-order chi connectivity index (χ1) is 12.2. The highest BCUT2D eigenvalue weighted by Crippen LogP contribution is 2.24. The van der Waals surface area contributed by atoms with Crippen LogP contribution in [-0.4, -0.2) is 21.7 Å². The number of carbonyl (C=O) groups excluding carboxylic acids is 2. The van der Waals surface area contributed by atoms with E-state index >= 15 is 0 Å². The summed E-state index contributed by atoms with van der Waals surface area (Å²) >= 11 is 0. The molecule has 0 N–H and O–H groups in total. The van der Waals surface area contributed by atoms with Crippen molar-refractivity contribution in [3.05, 3.63) is 89.1 Å². The number of imide groups is 1. The molecule has 0 unspecified atom stereocenters. The van der Waals surface area contributed by atoms with Gasteiger partial charge in [-0.3, -0.25) is 14.5 Å². The Morgan fingerprint density at radius 1 is 0.880 bits per heavy atom. The summed E-state index contributed by atoms with van der Waals surface area (Å²) in [6, 6.07) is 16.6. The standard InChI is InChI=1S/C20H14N2O3/c23-19-16-8-4-5-9-17(16)20(24)22(19)12-15-13-25-18(21-15)11-10-14-6-2-1-3-7-14/h1-11,13H,12H2/b11-10+. The second-order valence-corrected chi connectivity index (χ2v) is 5.66. The summed E-state index contributed by atoms with van der Waals surface area (Å²) in [5.41, 5.74) is 2.42. The Balaban J connectivity index is 1.50. The molecule has 25 heavy (non-hydrogen) atoms. The predicted molar refractivity (Wildman–Crippen MR) is 92.5 cm³/mol. The van der Waals surface area contributed by atoms with Crippen LogP contribution < -0.4 is 0 Å². The van der Waals surface area contributed by atoms with E-state index in [0.29, 0.717) is 22.7 Å². The predicted octanol–water partition coefficient (Wildman–Crippen LogP) is 3.64. The SMILES string of the molecule is O=C1c2ccccc2C(=O)N1Cc1coc(/C=C/c2ccccc2)n1. The molecular weight excluding hydrogens is 316 g/mol. The topological polar surface area (TPSA) is 63.4 Å². The van der Waals surface area contributed by atoms with Gasteiger partial charge in [0.15, 0.2) is 0 Å². The van der Waals surface area contributed by atoms with Crippen LogP contribution in [0.4, 0.5) is 0 Å². The fraction of sp³-hybridized carbons (Fsp3) is 0.0500. The zero-order chi connectivity index (χ0) is 17.2. The summed E-state index contributed by atoms with van der Waals surface area (Å²) in [6.45, 7) is 0.0923. The minimum Gasteiger partial charge on any atom is -0.445 e. The maximum Gasteiger partial charge on any atom is 0.261 e. The van der Waals surface area contributed by atoms with Gasteiger partial charge in [-0.2, -0.15) is 0 Å². The quantitative estimate of drug-likeness (QED) is 0.685. The molecule has 2 aromatic carbocycles. The Morgan fingerprint density at radius 3 is 2.20 bits per heavy atom. The number of fused-ring (bicyclic) bond motifs is 1. The van der Waals surface area contributed by atoms with E-state index in [-0.39, 0.29) is 18.4 Å². The van der Waals surface area contributed by atoms with Crippen molar-refractivity contribution in [2.45, 2.75) is 6.54 Å². The first-order valence-corrected chi connectivity index (χ1v) is 7.85. The molecule has 0 saturated heterocycles. The fourth-order valence-corrected chi connectivity index (χ4v) is 2.75. The Morgan fingerprint density at radius 2 is 1.52 bits per heavy atom. The Bertz CT molecular complexity index is 938. The number of aromatic nitrogens is 1. The van der Waals surface area contributed by atoms with Crippen LogP contribution in [0.5, 0.6) is 0 Å². The molecule has 0 saturated carbocycles. The van der Waals surface area contributed by atoms with Crippen LogP contribution in [0.3, 0.4) is 0 Å². The van der Waals surface area contributed by atoms with Gasteiger partial charge in [0, 0.05) is 6.08 Å². The molecule has 2 heterocycles. The van der Waals surface area contributed by atoms with E-state index in [1.54, 1.807) is 30.3 Å². The molecule has 0 radical (unpaired) electrons. The number of carbonyl (C=O) groups is 2. The van der Waals surface area contributed by atoms with Gasteiger partial charge in [-0.05, 0) is 23.8 Å². The van der Waals surface area contributed by atoms with Gasteiger partial charge in [0.2, 0.25) is 5.89 Å². The van der Waals surface area contributed by atoms with E-state index in [1.807, 2.05) is 36.4 Å². The number of hydrogen-bond acceptors (Lipinski definition) is 4. The van der Waals surface area contributed by atoms with E-state index in [4.69, 9.17) is 4.42 Å². The lowest BCUT2D eigenvalue weighted by Gasteiger charge is -2.10. The van der Waals surface area contributed by atoms with Crippen LogP contribution in [0.15, 0.2) is 65.3 Å². The van der Waals surface area contributed by atoms with Crippen LogP contribution in [0, 0.1) is 0 Å². The molecule has 5 heteroatoms. The van der Waals surface area contributed by atoms with Crippen molar-refractivity contribution in [2.75, 3.05) is 0 Å². The largest absolute Gasteiger partial charge is 0.445 e. The van der Waals surface area contributed by atoms with Crippen molar-refractivity contribution in [3.8, 4) is 0 Å². The number of hydrogen-bond donors (Lipinski definition) is 0. The Labute approximate surface area is 144 Å². The van der Waals surface area contributed by atoms with Crippen molar-refractivity contribution < 1.29 is 14.0 Å². The zero-order valence-corrected chi connectivity index (χ0v) is 13.3. The number of amides is 2. The van der Waals surface area contributed by atoms with Crippen LogP contribution in [0.2, 0.25) is 0 Å². The molecule has 5 nitrogen and oxygen atoms in total. The van der Waals surface area contributed by atoms with E-state index in [0.717, 1.165) is 5.56 Å². The van der Waals surface area contributed by atoms with E-state index in [9.17, 15) is 9.59 Å². The van der Waals surface area contributed by atoms with E-state index in [1.165, 1.54) is 11.2 Å². The summed E-state index contributed by atoms with van der Waals surface area (Å²) < 4.78 is 5.40. The van der Waals surface area contributed by atoms with Crippen LogP contribution in [0.25, 0.3) is 12.2 Å². The van der Waals surface area contributed by atoms with Crippen molar-refractivity contribution in [1.82, 2.24) is 9.88 Å². The second-order valence-electron chi connectivity index (χ2n) is 5.66. The first-order valence-electron chi connectivity index (χ1n) is 7.85. The van der Waals surface area contributed by atoms with Gasteiger partial charge in [-0.15, -0.1) is 0 Å². The van der Waals surface area contributed by atoms with Crippen molar-refractivity contribution in [2.24, 2.45) is 0 Å². The van der Waals surface area contributed by atoms with Gasteiger partial charge in [0.25, 0.3) is 11.8 Å². The third-order valence-corrected chi connectivity index (χ3v) is 3.99. The molecular formula is C20H14N2O3. The summed E-state index contributed by atoms with van der Waals surface area (Å²) in [5, 5.41) is 0. The lowest BCUT2D eigenvalue weighted by atomic mass is 10.1. The number of rotatable bonds is 4. The smallest absolute Gasteiger partial charge is 0.261 e. The van der Waals surface area contributed by atoms with Gasteiger partial charge in [-0.25, -0.2) is 4.98 Å². The monoisotopic (exact) mass is 330 g/mol. The zero-order valence-electron chi connectivity index (χ0n) is 13.3. The fourth-order valence-electron chi connectivity index (χ4n) is 2.75. The van der Waals surface area contributed by atoms with Gasteiger partial charge in [-0.1, -0.05) is 42.5 Å². The molecule has 122 valence electrons. The number of nitrogens with zero attached hydrogens (tertiary/aromatic N) is 2. The van der Waals surface area contributed by atoms with Crippen molar-refractivity contribution >= 4 is 24.0 Å². The van der Waals surface area contributed by atoms with Crippen molar-refractivity contribution in [1.29, 1.82) is 0 Å². The maximum atomic E-state index is 12.4. The highest BCUT2D eigenvalue weighted by molar-refractivity contribution is 6.21. The normalized spacial score (nSPS) is 13.7. The highest BCUT2D eigenvalue weighted by atomic mass is 16.3. The summed E-state index contributed by atoms with van der Waals surface area (Å²) in [4.78, 5) is 30.2. The molecule has 0 aliphatic carbocycles. The molecule has 0 fully saturated rings. The minimum absolute atomic E-state index is 0.0923. The lowest BCUT2D eigenvalue weighted by molar-refractivity contribution is 0.0640. The number of oxazole rings is 1. The summed E-state index contributed by atoms with van der Waals surface area (Å²) in [6.07, 6.45) is 5.10. The molecule has 0 spiro atoms.